The molecule has 1 aromatic heterocycles. The second-order valence-electron chi connectivity index (χ2n) is 25.9. The van der Waals surface area contributed by atoms with Gasteiger partial charge in [-0.15, -0.1) is 0 Å². The van der Waals surface area contributed by atoms with E-state index in [1.54, 1.807) is 0 Å². The summed E-state index contributed by atoms with van der Waals surface area (Å²) in [5, 5.41) is 0. The van der Waals surface area contributed by atoms with Gasteiger partial charge in [-0.25, -0.2) is 4.98 Å². The van der Waals surface area contributed by atoms with Gasteiger partial charge in [-0.2, -0.15) is 0 Å². The minimum Gasteiger partial charge on any atom is -0.310 e. The second-order valence-corrected chi connectivity index (χ2v) is 25.9. The van der Waals surface area contributed by atoms with Crippen LogP contribution in [0.4, 0.5) is 17.1 Å². The summed E-state index contributed by atoms with van der Waals surface area (Å²) in [6.07, 6.45) is 0. The van der Waals surface area contributed by atoms with Crippen LogP contribution in [-0.4, -0.2) is 9.55 Å². The molecular weight excluding hydrogens is 1140 g/mol. The fraction of sp³-hybridized carbons (Fsp3) is 0.0659. The van der Waals surface area contributed by atoms with Crippen LogP contribution >= 0.6 is 0 Å². The minimum absolute atomic E-state index is 0.794. The Kier molecular flexibility index (Phi) is 12.6. The van der Waals surface area contributed by atoms with E-state index >= 15 is 0 Å². The third kappa shape index (κ3) is 8.01. The molecule has 0 saturated heterocycles. The smallest absolute Gasteiger partial charge is 0.145 e. The number of anilines is 3. The number of fused-ring (bicyclic) bond motifs is 10. The van der Waals surface area contributed by atoms with Gasteiger partial charge >= 0.3 is 0 Å². The van der Waals surface area contributed by atoms with Crippen LogP contribution in [0, 0.1) is 20.8 Å². The van der Waals surface area contributed by atoms with Crippen molar-refractivity contribution in [3.63, 3.8) is 0 Å². The monoisotopic (exact) mass is 1200 g/mol. The topological polar surface area (TPSA) is 21.1 Å². The van der Waals surface area contributed by atoms with Crippen LogP contribution in [0.25, 0.3) is 61.5 Å². The Bertz CT molecular complexity index is 5370. The Morgan fingerprint density at radius 1 is 0.266 bits per heavy atom. The SMILES string of the molecule is Cc1ccc(C2(c3cc(C4(c5ccc(C)cc5)c5ccccc5-c5ccc(-c6nc7ccccc7n6-c6ccccc6)cc54)cc(C4(c5ccc(C)cc5)c5ccccc5-c5ccc(N(c6ccccc6)c6ccccc6)cc54)c3)c3ccccc3-c3ccccc32)cc1. The quantitative estimate of drug-likeness (QED) is 0.129. The number of aryl methyl sites for hydroxylation is 3. The van der Waals surface area contributed by atoms with Gasteiger partial charge in [-0.05, 0) is 188 Å². The van der Waals surface area contributed by atoms with Crippen molar-refractivity contribution in [3.05, 3.63) is 423 Å². The fourth-order valence-electron chi connectivity index (χ4n) is 16.8. The molecule has 0 fully saturated rings. The maximum absolute atomic E-state index is 5.57. The first kappa shape index (κ1) is 55.2. The molecule has 0 bridgehead atoms. The molecule has 0 saturated carbocycles. The third-order valence-corrected chi connectivity index (χ3v) is 20.8. The Labute approximate surface area is 549 Å². The highest BCUT2D eigenvalue weighted by molar-refractivity contribution is 5.94. The molecule has 15 aromatic rings. The number of nitrogens with zero attached hydrogens (tertiary/aromatic N) is 3. The van der Waals surface area contributed by atoms with Crippen LogP contribution in [0.1, 0.15) is 83.5 Å². The van der Waals surface area contributed by atoms with Gasteiger partial charge in [0.25, 0.3) is 0 Å². The van der Waals surface area contributed by atoms with Crippen LogP contribution in [0.15, 0.2) is 340 Å². The largest absolute Gasteiger partial charge is 0.310 e. The molecule has 18 rings (SSSR count). The van der Waals surface area contributed by atoms with Gasteiger partial charge in [0, 0.05) is 28.3 Å². The van der Waals surface area contributed by atoms with Gasteiger partial charge in [-0.3, -0.25) is 4.57 Å². The molecule has 3 heteroatoms. The van der Waals surface area contributed by atoms with Gasteiger partial charge < -0.3 is 4.90 Å². The van der Waals surface area contributed by atoms with E-state index in [-0.39, 0.29) is 0 Å². The van der Waals surface area contributed by atoms with E-state index in [9.17, 15) is 0 Å². The van der Waals surface area contributed by atoms with Crippen molar-refractivity contribution in [2.75, 3.05) is 4.90 Å². The van der Waals surface area contributed by atoms with Crippen molar-refractivity contribution in [1.82, 2.24) is 9.55 Å². The summed E-state index contributed by atoms with van der Waals surface area (Å²) in [5.74, 6) is 0.893. The molecule has 0 radical (unpaired) electrons. The molecule has 0 N–H and O–H groups in total. The summed E-state index contributed by atoms with van der Waals surface area (Å²) in [7, 11) is 0. The first-order valence-electron chi connectivity index (χ1n) is 32.8. The van der Waals surface area contributed by atoms with E-state index in [0.717, 1.165) is 45.2 Å². The zero-order valence-corrected chi connectivity index (χ0v) is 52.7. The van der Waals surface area contributed by atoms with Gasteiger partial charge in [0.15, 0.2) is 0 Å². The summed E-state index contributed by atoms with van der Waals surface area (Å²) >= 11 is 0. The molecule has 14 aromatic carbocycles. The predicted octanol–water partition coefficient (Wildman–Crippen LogP) is 22.2. The summed E-state index contributed by atoms with van der Waals surface area (Å²) in [4.78, 5) is 7.99. The maximum Gasteiger partial charge on any atom is 0.145 e. The minimum atomic E-state index is -0.898. The number of aromatic nitrogens is 2. The van der Waals surface area contributed by atoms with E-state index in [4.69, 9.17) is 4.98 Å². The van der Waals surface area contributed by atoms with Crippen molar-refractivity contribution in [2.45, 2.75) is 37.0 Å². The summed E-state index contributed by atoms with van der Waals surface area (Å²) < 4.78 is 2.34. The zero-order valence-electron chi connectivity index (χ0n) is 52.7. The van der Waals surface area contributed by atoms with E-state index in [2.05, 4.69) is 370 Å². The van der Waals surface area contributed by atoms with Crippen LogP contribution in [-0.2, 0) is 16.2 Å². The van der Waals surface area contributed by atoms with Crippen molar-refractivity contribution in [1.29, 1.82) is 0 Å². The summed E-state index contributed by atoms with van der Waals surface area (Å²) in [6, 6.07) is 129. The number of rotatable bonds is 11. The first-order chi connectivity index (χ1) is 46.3. The Hall–Kier alpha value is -11.7. The fourth-order valence-corrected chi connectivity index (χ4v) is 16.8. The lowest BCUT2D eigenvalue weighted by Gasteiger charge is -2.41. The molecule has 444 valence electrons. The van der Waals surface area contributed by atoms with E-state index < -0.39 is 16.2 Å². The van der Waals surface area contributed by atoms with Crippen LogP contribution in [0.3, 0.4) is 0 Å². The molecule has 2 atom stereocenters. The standard InChI is InChI=1S/C91H65N3/c1-60-39-46-64(47-40-60)89(80-33-17-13-29-74(80)75-30-14-18-34-81(75)89)67-56-68(90(65-48-41-61(2)42-49-65)82-35-19-15-31-76(82)78-53-45-63(55-84(78)90)88-92-86-37-21-22-38-87(86)94(88)72-27-11-6-12-28-72)58-69(57-67)91(66-50-43-62(3)44-51-66)83-36-20-16-32-77(83)79-54-52-73(59-85(79)91)93(70-23-7-4-8-24-70)71-25-9-5-10-26-71/h4-59H,1-3H3. The van der Waals surface area contributed by atoms with Gasteiger partial charge in [0.1, 0.15) is 5.82 Å². The molecule has 94 heavy (non-hydrogen) atoms. The lowest BCUT2D eigenvalue weighted by atomic mass is 9.60. The van der Waals surface area contributed by atoms with Crippen LogP contribution in [0.5, 0.6) is 0 Å². The van der Waals surface area contributed by atoms with Crippen LogP contribution in [0.2, 0.25) is 0 Å². The average Bonchev–Trinajstić information content (AvgIpc) is 1.47. The van der Waals surface area contributed by atoms with Gasteiger partial charge in [0.2, 0.25) is 0 Å². The van der Waals surface area contributed by atoms with Crippen molar-refractivity contribution >= 4 is 28.1 Å². The van der Waals surface area contributed by atoms with Gasteiger partial charge in [-0.1, -0.05) is 290 Å². The average molecular weight is 1200 g/mol. The molecule has 0 amide bonds. The molecule has 0 aliphatic heterocycles. The number of hydrogen-bond donors (Lipinski definition) is 0. The summed E-state index contributed by atoms with van der Waals surface area (Å²) in [6.45, 7) is 6.63. The lowest BCUT2D eigenvalue weighted by molar-refractivity contribution is 0.713. The number of imidazole rings is 1. The third-order valence-electron chi connectivity index (χ3n) is 20.8. The second kappa shape index (κ2) is 21.5. The van der Waals surface area contributed by atoms with Gasteiger partial charge in [0.05, 0.1) is 27.3 Å². The van der Waals surface area contributed by atoms with Crippen LogP contribution < -0.4 is 4.90 Å². The molecule has 3 aliphatic carbocycles. The molecular formula is C91H65N3. The number of hydrogen-bond acceptors (Lipinski definition) is 2. The molecule has 1 heterocycles. The zero-order chi connectivity index (χ0) is 62.7. The Balaban J connectivity index is 1.03. The highest BCUT2D eigenvalue weighted by Crippen LogP contribution is 2.64. The summed E-state index contributed by atoms with van der Waals surface area (Å²) in [5.41, 5.74) is 30.4. The molecule has 2 unspecified atom stereocenters. The maximum atomic E-state index is 5.57. The normalized spacial score (nSPS) is 16.0. The number of para-hydroxylation sites is 5. The van der Waals surface area contributed by atoms with E-state index in [1.165, 1.54) is 117 Å². The molecule has 3 nitrogen and oxygen atoms in total. The highest BCUT2D eigenvalue weighted by Gasteiger charge is 2.53. The Morgan fingerprint density at radius 2 is 0.617 bits per heavy atom. The molecule has 0 spiro atoms. The Morgan fingerprint density at radius 3 is 1.06 bits per heavy atom. The van der Waals surface area contributed by atoms with E-state index in [1.807, 2.05) is 0 Å². The van der Waals surface area contributed by atoms with Crippen molar-refractivity contribution < 1.29 is 0 Å². The van der Waals surface area contributed by atoms with Crippen molar-refractivity contribution in [3.8, 4) is 50.5 Å². The van der Waals surface area contributed by atoms with Crippen molar-refractivity contribution in [2.24, 2.45) is 0 Å². The lowest BCUT2D eigenvalue weighted by Crippen LogP contribution is -2.35. The predicted molar refractivity (Wildman–Crippen MR) is 387 cm³/mol. The number of benzene rings is 14. The first-order valence-corrected chi connectivity index (χ1v) is 32.8. The van der Waals surface area contributed by atoms with E-state index in [0.29, 0.717) is 0 Å². The highest BCUT2D eigenvalue weighted by atomic mass is 15.1. The molecule has 3 aliphatic rings.